The van der Waals surface area contributed by atoms with E-state index in [2.05, 4.69) is 11.9 Å². The summed E-state index contributed by atoms with van der Waals surface area (Å²) in [5.74, 6) is -0.479. The van der Waals surface area contributed by atoms with Gasteiger partial charge in [-0.25, -0.2) is 4.79 Å². The summed E-state index contributed by atoms with van der Waals surface area (Å²) in [7, 11) is 2.16. The van der Waals surface area contributed by atoms with Crippen LogP contribution in [0.25, 0.3) is 0 Å². The Hall–Kier alpha value is -1.39. The van der Waals surface area contributed by atoms with Crippen LogP contribution in [0.2, 0.25) is 0 Å². The quantitative estimate of drug-likeness (QED) is 0.678. The molecule has 4 nitrogen and oxygen atoms in total. The molecule has 2 aliphatic heterocycles. The molecule has 4 atom stereocenters. The van der Waals surface area contributed by atoms with E-state index >= 15 is 0 Å². The van der Waals surface area contributed by atoms with Crippen LogP contribution in [0.1, 0.15) is 31.2 Å². The number of carbonyl (C=O) groups is 1. The standard InChI is InChI=1S/C17H23NO3/c1-18-13-7-8-14(18)11-15(10-13)21-17(20)16(19)9-12-5-3-2-4-6-12/h2-6,13-16,19H,7-11H2,1H3/t13-,14+,15?,16-/m1/s1/i17+1. The number of hydrogen-bond acceptors (Lipinski definition) is 4. The molecule has 21 heavy (non-hydrogen) atoms. The Morgan fingerprint density at radius 3 is 2.52 bits per heavy atom. The normalized spacial score (nSPS) is 30.1. The fourth-order valence-corrected chi connectivity index (χ4v) is 3.62. The molecule has 0 saturated carbocycles. The first-order valence-electron chi connectivity index (χ1n) is 7.78. The number of esters is 1. The van der Waals surface area contributed by atoms with Gasteiger partial charge in [0.05, 0.1) is 0 Å². The van der Waals surface area contributed by atoms with E-state index in [4.69, 9.17) is 4.74 Å². The summed E-state index contributed by atoms with van der Waals surface area (Å²) in [6, 6.07) is 10.6. The maximum absolute atomic E-state index is 12.0. The fraction of sp³-hybridized carbons (Fsp3) is 0.588. The Balaban J connectivity index is 1.52. The lowest BCUT2D eigenvalue weighted by Gasteiger charge is -2.36. The Bertz CT molecular complexity index is 476. The van der Waals surface area contributed by atoms with Crippen molar-refractivity contribution in [2.45, 2.75) is 56.4 Å². The molecule has 1 aromatic rings. The predicted molar refractivity (Wildman–Crippen MR) is 79.8 cm³/mol. The second-order valence-corrected chi connectivity index (χ2v) is 6.29. The molecule has 1 N–H and O–H groups in total. The van der Waals surface area contributed by atoms with Gasteiger partial charge in [0.1, 0.15) is 6.10 Å². The second-order valence-electron chi connectivity index (χ2n) is 6.29. The third-order valence-electron chi connectivity index (χ3n) is 4.88. The zero-order valence-corrected chi connectivity index (χ0v) is 12.4. The van der Waals surface area contributed by atoms with Gasteiger partial charge in [0.2, 0.25) is 0 Å². The van der Waals surface area contributed by atoms with Crippen molar-refractivity contribution in [3.63, 3.8) is 0 Å². The van der Waals surface area contributed by atoms with Gasteiger partial charge in [-0.15, -0.1) is 0 Å². The number of benzene rings is 1. The maximum Gasteiger partial charge on any atom is 0.335 e. The van der Waals surface area contributed by atoms with Crippen molar-refractivity contribution in [1.29, 1.82) is 0 Å². The Morgan fingerprint density at radius 2 is 1.90 bits per heavy atom. The highest BCUT2D eigenvalue weighted by molar-refractivity contribution is 5.75. The van der Waals surface area contributed by atoms with Crippen molar-refractivity contribution in [2.24, 2.45) is 0 Å². The number of carbonyl (C=O) groups excluding carboxylic acids is 1. The Kier molecular flexibility index (Phi) is 4.27. The molecule has 2 aliphatic rings. The molecule has 2 heterocycles. The van der Waals surface area contributed by atoms with Gasteiger partial charge >= 0.3 is 5.97 Å². The van der Waals surface area contributed by atoms with Gasteiger partial charge in [-0.1, -0.05) is 30.3 Å². The van der Waals surface area contributed by atoms with E-state index in [-0.39, 0.29) is 6.10 Å². The summed E-state index contributed by atoms with van der Waals surface area (Å²) in [4.78, 5) is 14.5. The highest BCUT2D eigenvalue weighted by atomic mass is 16.6. The van der Waals surface area contributed by atoms with Gasteiger partial charge in [0.25, 0.3) is 0 Å². The van der Waals surface area contributed by atoms with Crippen molar-refractivity contribution in [3.8, 4) is 0 Å². The van der Waals surface area contributed by atoms with Crippen molar-refractivity contribution < 1.29 is 14.6 Å². The molecule has 1 aromatic carbocycles. The molecule has 1 unspecified atom stereocenters. The molecule has 4 heteroatoms. The largest absolute Gasteiger partial charge is 0.460 e. The summed E-state index contributed by atoms with van der Waals surface area (Å²) in [6.07, 6.45) is 3.41. The summed E-state index contributed by atoms with van der Waals surface area (Å²) in [6.45, 7) is 0. The Labute approximate surface area is 125 Å². The first-order valence-corrected chi connectivity index (χ1v) is 7.78. The molecule has 0 aliphatic carbocycles. The van der Waals surface area contributed by atoms with Gasteiger partial charge in [-0.2, -0.15) is 0 Å². The van der Waals surface area contributed by atoms with Gasteiger partial charge in [-0.3, -0.25) is 0 Å². The minimum Gasteiger partial charge on any atom is -0.460 e. The molecule has 2 saturated heterocycles. The molecule has 0 aromatic heterocycles. The van der Waals surface area contributed by atoms with Crippen molar-refractivity contribution in [2.75, 3.05) is 7.05 Å². The van der Waals surface area contributed by atoms with Crippen LogP contribution in [0.4, 0.5) is 0 Å². The highest BCUT2D eigenvalue weighted by Crippen LogP contribution is 2.35. The molecule has 114 valence electrons. The summed E-state index contributed by atoms with van der Waals surface area (Å²) < 4.78 is 5.54. The van der Waals surface area contributed by atoms with Gasteiger partial charge in [-0.05, 0) is 38.3 Å². The van der Waals surface area contributed by atoms with E-state index in [1.165, 1.54) is 12.8 Å². The molecule has 0 spiro atoms. The lowest BCUT2D eigenvalue weighted by molar-refractivity contribution is -0.162. The smallest absolute Gasteiger partial charge is 0.335 e. The fourth-order valence-electron chi connectivity index (χ4n) is 3.62. The topological polar surface area (TPSA) is 49.8 Å². The van der Waals surface area contributed by atoms with E-state index in [1.54, 1.807) is 0 Å². The molecule has 2 bridgehead atoms. The molecular weight excluding hydrogens is 267 g/mol. The summed E-state index contributed by atoms with van der Waals surface area (Å²) in [5.41, 5.74) is 0.949. The minimum absolute atomic E-state index is 0.0309. The van der Waals surface area contributed by atoms with Gasteiger partial charge < -0.3 is 14.7 Å². The number of fused-ring (bicyclic) bond motifs is 2. The average Bonchev–Trinajstić information content (AvgIpc) is 2.71. The SMILES string of the molecule is CN1[C@@H]2CC[C@H]1CC(O[13C](=O)[C@H](O)Cc1ccccc1)C2. The average molecular weight is 290 g/mol. The number of ether oxygens (including phenoxy) is 1. The Morgan fingerprint density at radius 1 is 1.29 bits per heavy atom. The van der Waals surface area contributed by atoms with E-state index < -0.39 is 12.1 Å². The summed E-state index contributed by atoms with van der Waals surface area (Å²) in [5, 5.41) is 10.0. The third-order valence-corrected chi connectivity index (χ3v) is 4.88. The van der Waals surface area contributed by atoms with Crippen molar-refractivity contribution in [3.05, 3.63) is 35.9 Å². The van der Waals surface area contributed by atoms with E-state index in [0.717, 1.165) is 18.4 Å². The number of aliphatic hydroxyl groups excluding tert-OH is 1. The molecule has 0 amide bonds. The van der Waals surface area contributed by atoms with E-state index in [9.17, 15) is 9.90 Å². The highest BCUT2D eigenvalue weighted by Gasteiger charge is 2.40. The number of hydrogen-bond donors (Lipinski definition) is 1. The lowest BCUT2D eigenvalue weighted by atomic mass is 10.0. The van der Waals surface area contributed by atoms with Crippen molar-refractivity contribution >= 4 is 5.97 Å². The molecule has 0 radical (unpaired) electrons. The van der Waals surface area contributed by atoms with Crippen LogP contribution in [0.15, 0.2) is 30.3 Å². The summed E-state index contributed by atoms with van der Waals surface area (Å²) >= 11 is 0. The lowest BCUT2D eigenvalue weighted by Crippen LogP contribution is -2.44. The number of aliphatic hydroxyl groups is 1. The van der Waals surface area contributed by atoms with E-state index in [0.29, 0.717) is 18.5 Å². The van der Waals surface area contributed by atoms with Crippen LogP contribution in [0.5, 0.6) is 0 Å². The van der Waals surface area contributed by atoms with Crippen molar-refractivity contribution in [1.82, 2.24) is 4.90 Å². The number of piperidine rings is 1. The predicted octanol–water partition coefficient (Wildman–Crippen LogP) is 1.76. The minimum atomic E-state index is -1.07. The number of nitrogens with zero attached hydrogens (tertiary/aromatic N) is 1. The first-order chi connectivity index (χ1) is 10.1. The second kappa shape index (κ2) is 6.16. The van der Waals surface area contributed by atoms with Crippen LogP contribution < -0.4 is 0 Å². The van der Waals surface area contributed by atoms with Crippen LogP contribution >= 0.6 is 0 Å². The monoisotopic (exact) mass is 290 g/mol. The van der Waals surface area contributed by atoms with Crippen LogP contribution in [0.3, 0.4) is 0 Å². The van der Waals surface area contributed by atoms with Crippen LogP contribution in [-0.2, 0) is 16.0 Å². The zero-order valence-electron chi connectivity index (χ0n) is 12.4. The van der Waals surface area contributed by atoms with Gasteiger partial charge in [0, 0.05) is 18.5 Å². The molecule has 2 fully saturated rings. The third kappa shape index (κ3) is 3.27. The molecular formula is C17H23NO3. The van der Waals surface area contributed by atoms with Gasteiger partial charge in [0.15, 0.2) is 6.10 Å². The first kappa shape index (κ1) is 14.5. The molecule has 3 rings (SSSR count). The maximum atomic E-state index is 12.0. The van der Waals surface area contributed by atoms with Crippen LogP contribution in [0, 0.1) is 0 Å². The van der Waals surface area contributed by atoms with E-state index in [1.807, 2.05) is 30.3 Å². The number of rotatable bonds is 4. The zero-order chi connectivity index (χ0) is 14.8. The van der Waals surface area contributed by atoms with Crippen LogP contribution in [-0.4, -0.2) is 47.3 Å².